The van der Waals surface area contributed by atoms with Gasteiger partial charge < -0.3 is 0 Å². The van der Waals surface area contributed by atoms with Crippen LogP contribution in [-0.4, -0.2) is 24.9 Å². The van der Waals surface area contributed by atoms with Crippen LogP contribution in [0.3, 0.4) is 0 Å². The molecule has 1 aromatic rings. The van der Waals surface area contributed by atoms with Crippen LogP contribution in [0, 0.1) is 11.3 Å². The van der Waals surface area contributed by atoms with Crippen molar-refractivity contribution in [3.63, 3.8) is 0 Å². The fourth-order valence-corrected chi connectivity index (χ4v) is 2.46. The van der Waals surface area contributed by atoms with E-state index in [0.717, 1.165) is 0 Å². The summed E-state index contributed by atoms with van der Waals surface area (Å²) in [5.74, 6) is -0.508. The molecule has 17 heavy (non-hydrogen) atoms. The van der Waals surface area contributed by atoms with Crippen molar-refractivity contribution in [2.45, 2.75) is 25.2 Å². The number of carbonyl (C=O) groups is 1. The number of rotatable bonds is 4. The van der Waals surface area contributed by atoms with Crippen LogP contribution in [-0.2, 0) is 16.3 Å². The van der Waals surface area contributed by atoms with Crippen molar-refractivity contribution >= 4 is 15.6 Å². The summed E-state index contributed by atoms with van der Waals surface area (Å²) in [5, 5.41) is 8.55. The average molecular weight is 252 g/mol. The van der Waals surface area contributed by atoms with Crippen LogP contribution < -0.4 is 0 Å². The number of carbonyl (C=O) groups excluding carboxylic acids is 1. The first-order valence-corrected chi connectivity index (χ1v) is 6.67. The van der Waals surface area contributed by atoms with E-state index in [0.29, 0.717) is 5.56 Å². The Morgan fingerprint density at radius 2 is 2.18 bits per heavy atom. The highest BCUT2D eigenvalue weighted by atomic mass is 32.2. The lowest BCUT2D eigenvalue weighted by atomic mass is 10.2. The van der Waals surface area contributed by atoms with Gasteiger partial charge in [-0.2, -0.15) is 5.26 Å². The number of hydrogen-bond acceptors (Lipinski definition) is 5. The van der Waals surface area contributed by atoms with E-state index >= 15 is 0 Å². The highest BCUT2D eigenvalue weighted by Crippen LogP contribution is 2.18. The van der Waals surface area contributed by atoms with Crippen molar-refractivity contribution < 1.29 is 13.2 Å². The molecule has 1 aromatic heterocycles. The first-order valence-electron chi connectivity index (χ1n) is 5.02. The molecule has 0 saturated carbocycles. The van der Waals surface area contributed by atoms with Gasteiger partial charge in [-0.05, 0) is 11.6 Å². The summed E-state index contributed by atoms with van der Waals surface area (Å²) in [6.45, 7) is 2.76. The maximum absolute atomic E-state index is 11.8. The van der Waals surface area contributed by atoms with Crippen molar-refractivity contribution in [1.82, 2.24) is 4.98 Å². The van der Waals surface area contributed by atoms with E-state index in [-0.39, 0.29) is 22.8 Å². The number of nitriles is 1. The van der Waals surface area contributed by atoms with Gasteiger partial charge in [0.05, 0.1) is 23.1 Å². The van der Waals surface area contributed by atoms with E-state index in [1.165, 1.54) is 26.1 Å². The molecule has 0 aliphatic heterocycles. The third kappa shape index (κ3) is 2.88. The summed E-state index contributed by atoms with van der Waals surface area (Å²) in [5.41, 5.74) is 0.429. The number of hydrogen-bond donors (Lipinski definition) is 0. The predicted molar refractivity (Wildman–Crippen MR) is 61.3 cm³/mol. The molecule has 0 spiro atoms. The molecule has 0 aliphatic rings. The van der Waals surface area contributed by atoms with E-state index in [2.05, 4.69) is 4.98 Å². The molecule has 5 nitrogen and oxygen atoms in total. The van der Waals surface area contributed by atoms with Gasteiger partial charge in [-0.1, -0.05) is 6.92 Å². The molecule has 6 heteroatoms. The average Bonchev–Trinajstić information content (AvgIpc) is 2.29. The first kappa shape index (κ1) is 13.3. The largest absolute Gasteiger partial charge is 0.293 e. The molecule has 0 fully saturated rings. The second-order valence-corrected chi connectivity index (χ2v) is 5.73. The molecular weight excluding hydrogens is 240 g/mol. The fourth-order valence-electron chi connectivity index (χ4n) is 1.33. The quantitative estimate of drug-likeness (QED) is 0.750. The fraction of sp³-hybridized carbons (Fsp3) is 0.364. The number of Topliss-reactive ketones (excluding diaryl/α,β-unsaturated/α-hetero) is 1. The summed E-state index contributed by atoms with van der Waals surface area (Å²) in [6, 6.07) is 3.26. The van der Waals surface area contributed by atoms with Crippen molar-refractivity contribution in [1.29, 1.82) is 5.26 Å². The number of aromatic nitrogens is 1. The van der Waals surface area contributed by atoms with Crippen LogP contribution in [0.1, 0.15) is 29.9 Å². The Morgan fingerprint density at radius 3 is 2.65 bits per heavy atom. The van der Waals surface area contributed by atoms with Crippen molar-refractivity contribution in [2.75, 3.05) is 5.75 Å². The van der Waals surface area contributed by atoms with Crippen molar-refractivity contribution in [3.8, 4) is 6.07 Å². The SMILES string of the molecule is CCS(=O)(=O)c1cc(CC#N)cnc1C(C)=O. The zero-order valence-corrected chi connectivity index (χ0v) is 10.4. The van der Waals surface area contributed by atoms with Gasteiger partial charge in [0.1, 0.15) is 5.69 Å². The molecule has 0 saturated heterocycles. The minimum absolute atomic E-state index is 0.0615. The second kappa shape index (κ2) is 5.06. The Hall–Kier alpha value is -1.74. The summed E-state index contributed by atoms with van der Waals surface area (Å²) >= 11 is 0. The summed E-state index contributed by atoms with van der Waals surface area (Å²) < 4.78 is 23.6. The highest BCUT2D eigenvalue weighted by molar-refractivity contribution is 7.91. The monoisotopic (exact) mass is 252 g/mol. The third-order valence-electron chi connectivity index (χ3n) is 2.24. The van der Waals surface area contributed by atoms with Gasteiger partial charge >= 0.3 is 0 Å². The van der Waals surface area contributed by atoms with E-state index in [1.54, 1.807) is 0 Å². The smallest absolute Gasteiger partial charge is 0.180 e. The van der Waals surface area contributed by atoms with Gasteiger partial charge in [0.15, 0.2) is 15.6 Å². The molecule has 1 rings (SSSR count). The van der Waals surface area contributed by atoms with Gasteiger partial charge in [0, 0.05) is 13.1 Å². The van der Waals surface area contributed by atoms with Crippen molar-refractivity contribution in [3.05, 3.63) is 23.5 Å². The minimum atomic E-state index is -3.51. The molecule has 0 aromatic carbocycles. The zero-order chi connectivity index (χ0) is 13.1. The Bertz CT molecular complexity index is 585. The van der Waals surface area contributed by atoms with Crippen LogP contribution in [0.2, 0.25) is 0 Å². The highest BCUT2D eigenvalue weighted by Gasteiger charge is 2.20. The molecule has 0 N–H and O–H groups in total. The van der Waals surface area contributed by atoms with Gasteiger partial charge in [0.2, 0.25) is 0 Å². The normalized spacial score (nSPS) is 10.9. The van der Waals surface area contributed by atoms with Crippen LogP contribution in [0.15, 0.2) is 17.2 Å². The van der Waals surface area contributed by atoms with Crippen LogP contribution in [0.4, 0.5) is 0 Å². The third-order valence-corrected chi connectivity index (χ3v) is 3.98. The summed E-state index contributed by atoms with van der Waals surface area (Å²) in [4.78, 5) is 15.1. The topological polar surface area (TPSA) is 87.9 Å². The molecule has 0 aliphatic carbocycles. The van der Waals surface area contributed by atoms with E-state index in [9.17, 15) is 13.2 Å². The molecule has 90 valence electrons. The van der Waals surface area contributed by atoms with Gasteiger partial charge in [-0.25, -0.2) is 8.42 Å². The lowest BCUT2D eigenvalue weighted by molar-refractivity contribution is 0.100. The maximum atomic E-state index is 11.8. The molecule has 0 amide bonds. The number of sulfone groups is 1. The number of ketones is 1. The van der Waals surface area contributed by atoms with E-state index in [4.69, 9.17) is 5.26 Å². The van der Waals surface area contributed by atoms with E-state index in [1.807, 2.05) is 6.07 Å². The summed E-state index contributed by atoms with van der Waals surface area (Å²) in [6.07, 6.45) is 1.42. The Kier molecular flexibility index (Phi) is 3.97. The van der Waals surface area contributed by atoms with Crippen LogP contribution in [0.25, 0.3) is 0 Å². The van der Waals surface area contributed by atoms with Crippen molar-refractivity contribution in [2.24, 2.45) is 0 Å². The van der Waals surface area contributed by atoms with E-state index < -0.39 is 15.6 Å². The Balaban J connectivity index is 3.47. The second-order valence-electron chi connectivity index (χ2n) is 3.48. The zero-order valence-electron chi connectivity index (χ0n) is 9.60. The number of pyridine rings is 1. The first-order chi connectivity index (χ1) is 7.92. The lowest BCUT2D eigenvalue weighted by Crippen LogP contribution is -2.12. The molecule has 0 radical (unpaired) electrons. The van der Waals surface area contributed by atoms with Crippen LogP contribution >= 0.6 is 0 Å². The standard InChI is InChI=1S/C11H12N2O3S/c1-3-17(15,16)10-6-9(4-5-12)7-13-11(10)8(2)14/h6-7H,3-4H2,1-2H3. The Morgan fingerprint density at radius 1 is 1.53 bits per heavy atom. The molecule has 0 atom stereocenters. The van der Waals surface area contributed by atoms with Gasteiger partial charge in [-0.15, -0.1) is 0 Å². The molecule has 0 unspecified atom stereocenters. The Labute approximate surface area is 100 Å². The van der Waals surface area contributed by atoms with Gasteiger partial charge in [-0.3, -0.25) is 9.78 Å². The maximum Gasteiger partial charge on any atom is 0.180 e. The number of nitrogens with zero attached hydrogens (tertiary/aromatic N) is 2. The van der Waals surface area contributed by atoms with Crippen LogP contribution in [0.5, 0.6) is 0 Å². The lowest BCUT2D eigenvalue weighted by Gasteiger charge is -2.07. The predicted octanol–water partition coefficient (Wildman–Crippen LogP) is 1.14. The van der Waals surface area contributed by atoms with Gasteiger partial charge in [0.25, 0.3) is 0 Å². The molecule has 0 bridgehead atoms. The minimum Gasteiger partial charge on any atom is -0.293 e. The molecular formula is C11H12N2O3S. The summed E-state index contributed by atoms with van der Waals surface area (Å²) in [7, 11) is -3.51. The molecule has 1 heterocycles.